The Balaban J connectivity index is 1.71. The summed E-state index contributed by atoms with van der Waals surface area (Å²) in [6.07, 6.45) is 2.34. The van der Waals surface area contributed by atoms with Gasteiger partial charge >= 0.3 is 6.01 Å². The number of piperazine rings is 1. The smallest absolute Gasteiger partial charge is 0.319 e. The van der Waals surface area contributed by atoms with E-state index in [4.69, 9.17) is 4.74 Å². The zero-order valence-electron chi connectivity index (χ0n) is 13.0. The Bertz CT molecular complexity index is 551. The summed E-state index contributed by atoms with van der Waals surface area (Å²) in [4.78, 5) is 13.1. The monoisotopic (exact) mass is 302 g/mol. The molecule has 1 aromatic heterocycles. The van der Waals surface area contributed by atoms with Crippen LogP contribution < -0.4 is 15.0 Å². The van der Waals surface area contributed by atoms with Gasteiger partial charge in [0.25, 0.3) is 0 Å². The van der Waals surface area contributed by atoms with Gasteiger partial charge in [-0.25, -0.2) is 0 Å². The van der Waals surface area contributed by atoms with Gasteiger partial charge in [-0.3, -0.25) is 0 Å². The van der Waals surface area contributed by atoms with Gasteiger partial charge in [-0.1, -0.05) is 0 Å². The van der Waals surface area contributed by atoms with Crippen molar-refractivity contribution >= 4 is 5.82 Å². The molecule has 7 heteroatoms. The molecule has 3 heterocycles. The van der Waals surface area contributed by atoms with Crippen LogP contribution in [0.25, 0.3) is 0 Å². The first-order valence-corrected chi connectivity index (χ1v) is 7.84. The molecule has 1 atom stereocenters. The van der Waals surface area contributed by atoms with E-state index in [0.29, 0.717) is 24.4 Å². The van der Waals surface area contributed by atoms with E-state index in [1.807, 2.05) is 0 Å². The molecule has 2 aliphatic heterocycles. The van der Waals surface area contributed by atoms with Gasteiger partial charge in [-0.05, 0) is 26.4 Å². The van der Waals surface area contributed by atoms with Crippen LogP contribution in [0.4, 0.5) is 5.82 Å². The van der Waals surface area contributed by atoms with E-state index in [9.17, 15) is 5.26 Å². The van der Waals surface area contributed by atoms with Crippen molar-refractivity contribution in [3.05, 3.63) is 11.8 Å². The van der Waals surface area contributed by atoms with Crippen LogP contribution in [0.1, 0.15) is 18.5 Å². The number of ether oxygens (including phenoxy) is 1. The van der Waals surface area contributed by atoms with Crippen LogP contribution in [0.15, 0.2) is 6.07 Å². The maximum Gasteiger partial charge on any atom is 0.319 e. The van der Waals surface area contributed by atoms with Crippen LogP contribution >= 0.6 is 0 Å². The van der Waals surface area contributed by atoms with Crippen molar-refractivity contribution in [2.24, 2.45) is 0 Å². The molecule has 1 aromatic rings. The van der Waals surface area contributed by atoms with Crippen molar-refractivity contribution in [3.8, 4) is 12.1 Å². The van der Waals surface area contributed by atoms with Crippen LogP contribution in [0, 0.1) is 11.3 Å². The first kappa shape index (κ1) is 15.0. The lowest BCUT2D eigenvalue weighted by Crippen LogP contribution is -2.44. The van der Waals surface area contributed by atoms with Crippen LogP contribution in [0.5, 0.6) is 6.01 Å². The van der Waals surface area contributed by atoms with Gasteiger partial charge < -0.3 is 19.9 Å². The second-order valence-electron chi connectivity index (χ2n) is 5.83. The Labute approximate surface area is 130 Å². The summed E-state index contributed by atoms with van der Waals surface area (Å²) < 4.78 is 5.78. The van der Waals surface area contributed by atoms with Crippen LogP contribution in [-0.2, 0) is 0 Å². The van der Waals surface area contributed by atoms with Crippen molar-refractivity contribution < 1.29 is 4.74 Å². The summed E-state index contributed by atoms with van der Waals surface area (Å²) in [5.74, 6) is 0.780. The Hall–Kier alpha value is -1.91. The number of anilines is 1. The Morgan fingerprint density at radius 2 is 2.18 bits per heavy atom. The number of likely N-dealkylation sites (N-methyl/N-ethyl adjacent to an activating group) is 1. The third-order valence-corrected chi connectivity index (χ3v) is 4.32. The van der Waals surface area contributed by atoms with Crippen molar-refractivity contribution in [3.63, 3.8) is 0 Å². The molecule has 2 aliphatic rings. The minimum absolute atomic E-state index is 0.313. The van der Waals surface area contributed by atoms with Crippen molar-refractivity contribution in [2.45, 2.75) is 18.9 Å². The van der Waals surface area contributed by atoms with E-state index < -0.39 is 0 Å². The fourth-order valence-electron chi connectivity index (χ4n) is 2.95. The molecule has 0 bridgehead atoms. The van der Waals surface area contributed by atoms with Gasteiger partial charge in [0.2, 0.25) is 0 Å². The fraction of sp³-hybridized carbons (Fsp3) is 0.667. The second-order valence-corrected chi connectivity index (χ2v) is 5.83. The number of nitrogens with one attached hydrogen (secondary N) is 1. The Morgan fingerprint density at radius 1 is 1.36 bits per heavy atom. The molecule has 0 aromatic carbocycles. The van der Waals surface area contributed by atoms with Gasteiger partial charge in [-0.15, -0.1) is 0 Å². The molecule has 2 fully saturated rings. The van der Waals surface area contributed by atoms with Gasteiger partial charge in [0, 0.05) is 38.3 Å². The standard InChI is InChI=1S/C15H22N6O/c1-20-6-2-3-13(20)11-22-15-18-12(10-16)9-14(19-15)21-7-4-17-5-8-21/h9,13,17H,2-8,11H2,1H3/t13-/m0/s1. The predicted molar refractivity (Wildman–Crippen MR) is 83.0 cm³/mol. The normalized spacial score (nSPS) is 22.5. The maximum atomic E-state index is 9.17. The lowest BCUT2D eigenvalue weighted by Gasteiger charge is -2.28. The highest BCUT2D eigenvalue weighted by molar-refractivity contribution is 5.44. The van der Waals surface area contributed by atoms with Crippen LogP contribution in [0.2, 0.25) is 0 Å². The summed E-state index contributed by atoms with van der Waals surface area (Å²) in [5.41, 5.74) is 0.360. The number of rotatable bonds is 4. The van der Waals surface area contributed by atoms with Gasteiger partial charge in [0.1, 0.15) is 24.2 Å². The molecule has 0 spiro atoms. The van der Waals surface area contributed by atoms with E-state index in [-0.39, 0.29) is 0 Å². The Morgan fingerprint density at radius 3 is 2.86 bits per heavy atom. The number of nitriles is 1. The van der Waals surface area contributed by atoms with E-state index in [2.05, 4.69) is 38.2 Å². The summed E-state index contributed by atoms with van der Waals surface area (Å²) in [6, 6.07) is 4.56. The molecule has 2 saturated heterocycles. The third kappa shape index (κ3) is 3.46. The number of hydrogen-bond acceptors (Lipinski definition) is 7. The molecule has 1 N–H and O–H groups in total. The fourth-order valence-corrected chi connectivity index (χ4v) is 2.95. The van der Waals surface area contributed by atoms with E-state index in [1.165, 1.54) is 6.42 Å². The van der Waals surface area contributed by atoms with Gasteiger partial charge in [0.05, 0.1) is 0 Å². The molecule has 0 amide bonds. The van der Waals surface area contributed by atoms with Crippen molar-refractivity contribution in [1.29, 1.82) is 5.26 Å². The number of likely N-dealkylation sites (tertiary alicyclic amines) is 1. The molecular weight excluding hydrogens is 280 g/mol. The van der Waals surface area contributed by atoms with Gasteiger partial charge in [-0.2, -0.15) is 15.2 Å². The molecule has 0 unspecified atom stereocenters. The number of nitrogens with zero attached hydrogens (tertiary/aromatic N) is 5. The van der Waals surface area contributed by atoms with Crippen LogP contribution in [0.3, 0.4) is 0 Å². The number of aromatic nitrogens is 2. The molecule has 0 aliphatic carbocycles. The van der Waals surface area contributed by atoms with Crippen LogP contribution in [-0.4, -0.2) is 67.3 Å². The molecule has 118 valence electrons. The predicted octanol–water partition coefficient (Wildman–Crippen LogP) is 0.231. The highest BCUT2D eigenvalue weighted by atomic mass is 16.5. The molecule has 7 nitrogen and oxygen atoms in total. The lowest BCUT2D eigenvalue weighted by atomic mass is 10.2. The summed E-state index contributed by atoms with van der Waals surface area (Å²) in [7, 11) is 2.11. The minimum Gasteiger partial charge on any atom is -0.462 e. The highest BCUT2D eigenvalue weighted by Gasteiger charge is 2.22. The zero-order valence-corrected chi connectivity index (χ0v) is 13.0. The largest absolute Gasteiger partial charge is 0.462 e. The third-order valence-electron chi connectivity index (χ3n) is 4.32. The average Bonchev–Trinajstić information content (AvgIpc) is 2.98. The summed E-state index contributed by atoms with van der Waals surface area (Å²) >= 11 is 0. The molecule has 0 saturated carbocycles. The first-order valence-electron chi connectivity index (χ1n) is 7.84. The first-order chi connectivity index (χ1) is 10.8. The lowest BCUT2D eigenvalue weighted by molar-refractivity contribution is 0.187. The summed E-state index contributed by atoms with van der Waals surface area (Å²) in [6.45, 7) is 5.30. The topological polar surface area (TPSA) is 77.3 Å². The quantitative estimate of drug-likeness (QED) is 0.853. The zero-order chi connectivity index (χ0) is 15.4. The Kier molecular flexibility index (Phi) is 4.71. The molecule has 0 radical (unpaired) electrons. The van der Waals surface area contributed by atoms with Crippen molar-refractivity contribution in [1.82, 2.24) is 20.2 Å². The van der Waals surface area contributed by atoms with Gasteiger partial charge in [0.15, 0.2) is 0 Å². The SMILES string of the molecule is CN1CCC[C@H]1COc1nc(C#N)cc(N2CCNCC2)n1. The average molecular weight is 302 g/mol. The van der Waals surface area contributed by atoms with E-state index in [0.717, 1.165) is 45.0 Å². The van der Waals surface area contributed by atoms with Crippen molar-refractivity contribution in [2.75, 3.05) is 51.3 Å². The van der Waals surface area contributed by atoms with E-state index >= 15 is 0 Å². The summed E-state index contributed by atoms with van der Waals surface area (Å²) in [5, 5.41) is 12.5. The maximum absolute atomic E-state index is 9.17. The molecule has 3 rings (SSSR count). The minimum atomic E-state index is 0.313. The molecular formula is C15H22N6O. The molecule has 22 heavy (non-hydrogen) atoms. The number of hydrogen-bond donors (Lipinski definition) is 1. The highest BCUT2D eigenvalue weighted by Crippen LogP contribution is 2.19. The second kappa shape index (κ2) is 6.90. The van der Waals surface area contributed by atoms with E-state index in [1.54, 1.807) is 6.07 Å².